The smallest absolute Gasteiger partial charge is 0.216 e. The van der Waals surface area contributed by atoms with Crippen molar-refractivity contribution in [1.29, 1.82) is 0 Å². The summed E-state index contributed by atoms with van der Waals surface area (Å²) in [6.45, 7) is 22.3. The summed E-state index contributed by atoms with van der Waals surface area (Å²) in [5, 5.41) is 4.30. The molecule has 4 aromatic carbocycles. The van der Waals surface area contributed by atoms with E-state index in [9.17, 15) is 0 Å². The molecule has 4 aromatic rings. The Kier molecular flexibility index (Phi) is 7.98. The van der Waals surface area contributed by atoms with Gasteiger partial charge in [-0.2, -0.15) is 0 Å². The predicted molar refractivity (Wildman–Crippen MR) is 203 cm³/mol. The van der Waals surface area contributed by atoms with Gasteiger partial charge in [0.25, 0.3) is 0 Å². The van der Waals surface area contributed by atoms with E-state index in [1.165, 1.54) is 49.3 Å². The zero-order valence-electron chi connectivity index (χ0n) is 29.7. The highest BCUT2D eigenvalue weighted by molar-refractivity contribution is 7.80. The van der Waals surface area contributed by atoms with Crippen LogP contribution in [0.3, 0.4) is 0 Å². The Morgan fingerprint density at radius 1 is 0.766 bits per heavy atom. The molecule has 0 fully saturated rings. The summed E-state index contributed by atoms with van der Waals surface area (Å²) in [5.41, 5.74) is 9.64. The zero-order valence-corrected chi connectivity index (χ0v) is 31.6. The molecule has 0 bridgehead atoms. The highest BCUT2D eigenvalue weighted by atomic mass is 31.1. The molecule has 2 atom stereocenters. The fraction of sp³-hybridized carbons (Fsp3) is 0.405. The molecule has 3 nitrogen and oxygen atoms in total. The molecule has 0 aromatic heterocycles. The lowest BCUT2D eigenvalue weighted by Gasteiger charge is -2.34. The maximum absolute atomic E-state index is 6.53. The van der Waals surface area contributed by atoms with Crippen LogP contribution in [-0.4, -0.2) is 33.5 Å². The Bertz CT molecular complexity index is 1810. The van der Waals surface area contributed by atoms with Crippen LogP contribution in [0.15, 0.2) is 89.9 Å². The Labute approximate surface area is 284 Å². The molecule has 47 heavy (non-hydrogen) atoms. The van der Waals surface area contributed by atoms with E-state index in [0.29, 0.717) is 13.2 Å². The van der Waals surface area contributed by atoms with Gasteiger partial charge in [-0.25, -0.2) is 4.99 Å². The molecule has 0 saturated heterocycles. The van der Waals surface area contributed by atoms with Crippen LogP contribution < -0.4 is 15.9 Å². The van der Waals surface area contributed by atoms with Crippen LogP contribution >= 0.6 is 7.92 Å². The monoisotopic (exact) mass is 659 g/mol. The molecule has 0 unspecified atom stereocenters. The molecule has 5 heteroatoms. The summed E-state index contributed by atoms with van der Waals surface area (Å²) >= 11 is 0. The maximum Gasteiger partial charge on any atom is 0.216 e. The average molecular weight is 660 g/mol. The molecule has 2 aliphatic carbocycles. The van der Waals surface area contributed by atoms with Gasteiger partial charge in [0.05, 0.1) is 6.61 Å². The molecule has 244 valence electrons. The van der Waals surface area contributed by atoms with E-state index in [1.807, 2.05) is 0 Å². The first-order valence-corrected chi connectivity index (χ1v) is 22.0. The van der Waals surface area contributed by atoms with Crippen molar-refractivity contribution in [2.45, 2.75) is 96.3 Å². The summed E-state index contributed by atoms with van der Waals surface area (Å²) in [6.07, 6.45) is 2.14. The molecule has 0 radical (unpaired) electrons. The van der Waals surface area contributed by atoms with Gasteiger partial charge in [0.15, 0.2) is 8.32 Å². The number of benzene rings is 4. The zero-order chi connectivity index (χ0) is 33.4. The average Bonchev–Trinajstić information content (AvgIpc) is 3.63. The van der Waals surface area contributed by atoms with Crippen LogP contribution in [0.25, 0.3) is 0 Å². The third-order valence-corrected chi connectivity index (χ3v) is 13.9. The number of hydrogen-bond acceptors (Lipinski definition) is 3. The molecular weight excluding hydrogens is 610 g/mol. The van der Waals surface area contributed by atoms with Gasteiger partial charge >= 0.3 is 0 Å². The van der Waals surface area contributed by atoms with Crippen molar-refractivity contribution in [2.75, 3.05) is 13.2 Å². The van der Waals surface area contributed by atoms with Crippen LogP contribution in [-0.2, 0) is 25.4 Å². The molecule has 0 N–H and O–H groups in total. The molecule has 0 amide bonds. The molecule has 0 saturated carbocycles. The topological polar surface area (TPSA) is 30.8 Å². The minimum Gasteiger partial charge on any atom is -0.475 e. The lowest BCUT2D eigenvalue weighted by atomic mass is 9.71. The first-order chi connectivity index (χ1) is 22.2. The third-order valence-electron chi connectivity index (χ3n) is 10.4. The Hall–Kier alpha value is -3.04. The largest absolute Gasteiger partial charge is 0.475 e. The van der Waals surface area contributed by atoms with E-state index >= 15 is 0 Å². The van der Waals surface area contributed by atoms with Crippen molar-refractivity contribution in [3.8, 4) is 0 Å². The lowest BCUT2D eigenvalue weighted by Crippen LogP contribution is -2.34. The molecule has 7 rings (SSSR count). The van der Waals surface area contributed by atoms with E-state index in [2.05, 4.69) is 146 Å². The van der Waals surface area contributed by atoms with Gasteiger partial charge in [0.2, 0.25) is 5.90 Å². The summed E-state index contributed by atoms with van der Waals surface area (Å²) in [5.74, 6) is 0.805. The Balaban J connectivity index is 1.50. The number of aryl methyl sites for hydroxylation is 2. The highest BCUT2D eigenvalue weighted by Gasteiger charge is 2.59. The Morgan fingerprint density at radius 2 is 1.30 bits per heavy atom. The first kappa shape index (κ1) is 32.5. The minimum atomic E-state index is -1.65. The number of fused-ring (bicyclic) bond motifs is 4. The fourth-order valence-corrected chi connectivity index (χ4v) is 12.2. The quantitative estimate of drug-likeness (QED) is 0.147. The number of aliphatic imine (C=N–C) groups is 1. The molecule has 3 aliphatic rings. The molecule has 1 spiro atoms. The number of nitrogens with zero attached hydrogens (tertiary/aromatic N) is 1. The summed E-state index contributed by atoms with van der Waals surface area (Å²) in [7, 11) is -2.45. The number of ether oxygens (including phenoxy) is 1. The van der Waals surface area contributed by atoms with Crippen LogP contribution in [0.4, 0.5) is 0 Å². The standard InChI is InChI=1S/C42H50NO2PSi/c1-28-20-33(39-43-30(24-44-39)25-45-47(7,8)9)37-34(21-28)40(3,4)26-42(37)27-41(5,6)35-22-29(2)23-36(38(35)42)46(31-16-12-10-13-17-31)32-18-14-11-15-19-32/h10-23,30H,24-27H2,1-9H3/t30-,42-/m1/s1. The van der Waals surface area contributed by atoms with E-state index in [1.54, 1.807) is 5.56 Å². The summed E-state index contributed by atoms with van der Waals surface area (Å²) in [6, 6.07) is 32.3. The number of hydrogen-bond donors (Lipinski definition) is 0. The van der Waals surface area contributed by atoms with Gasteiger partial charge in [-0.3, -0.25) is 0 Å². The third kappa shape index (κ3) is 5.75. The minimum absolute atomic E-state index is 0.00227. The van der Waals surface area contributed by atoms with Gasteiger partial charge in [-0.05, 0) is 109 Å². The van der Waals surface area contributed by atoms with E-state index in [0.717, 1.165) is 18.7 Å². The lowest BCUT2D eigenvalue weighted by molar-refractivity contribution is 0.239. The van der Waals surface area contributed by atoms with Gasteiger partial charge < -0.3 is 9.16 Å². The van der Waals surface area contributed by atoms with Crippen molar-refractivity contribution in [1.82, 2.24) is 0 Å². The second kappa shape index (κ2) is 11.5. The molecular formula is C42H50NO2PSi. The number of rotatable bonds is 7. The fourth-order valence-electron chi connectivity index (χ4n) is 8.80. The van der Waals surface area contributed by atoms with Crippen LogP contribution in [0.1, 0.15) is 79.5 Å². The van der Waals surface area contributed by atoms with Crippen LogP contribution in [0.5, 0.6) is 0 Å². The Morgan fingerprint density at radius 3 is 1.85 bits per heavy atom. The predicted octanol–water partition coefficient (Wildman–Crippen LogP) is 8.71. The van der Waals surface area contributed by atoms with Crippen molar-refractivity contribution in [3.63, 3.8) is 0 Å². The van der Waals surface area contributed by atoms with Crippen LogP contribution in [0, 0.1) is 13.8 Å². The molecule has 1 aliphatic heterocycles. The van der Waals surface area contributed by atoms with Crippen molar-refractivity contribution in [3.05, 3.63) is 124 Å². The van der Waals surface area contributed by atoms with E-state index in [4.69, 9.17) is 14.2 Å². The second-order valence-corrected chi connectivity index (χ2v) is 23.2. The van der Waals surface area contributed by atoms with Gasteiger partial charge in [-0.15, -0.1) is 0 Å². The maximum atomic E-state index is 6.53. The highest BCUT2D eigenvalue weighted by Crippen LogP contribution is 2.64. The van der Waals surface area contributed by atoms with Crippen molar-refractivity contribution in [2.24, 2.45) is 4.99 Å². The first-order valence-electron chi connectivity index (χ1n) is 17.2. The normalized spacial score (nSPS) is 22.3. The van der Waals surface area contributed by atoms with Crippen LogP contribution in [0.2, 0.25) is 19.6 Å². The van der Waals surface area contributed by atoms with Crippen molar-refractivity contribution < 1.29 is 9.16 Å². The van der Waals surface area contributed by atoms with Gasteiger partial charge in [-0.1, -0.05) is 118 Å². The summed E-state index contributed by atoms with van der Waals surface area (Å²) < 4.78 is 12.8. The van der Waals surface area contributed by atoms with Crippen molar-refractivity contribution >= 4 is 38.1 Å². The van der Waals surface area contributed by atoms with Gasteiger partial charge in [0.1, 0.15) is 12.6 Å². The second-order valence-electron chi connectivity index (χ2n) is 16.5. The molecule has 1 heterocycles. The SMILES string of the molecule is Cc1cc(C2=N[C@@H](CO[Si](C)(C)C)CO2)c2c(c1)C(C)(C)C[C@@]21CC(C)(C)c2cc(C)cc(P(c3ccccc3)c3ccccc3)c21. The van der Waals surface area contributed by atoms with Gasteiger partial charge in [0, 0.05) is 11.0 Å². The van der Waals surface area contributed by atoms with E-state index in [-0.39, 0.29) is 22.3 Å². The summed E-state index contributed by atoms with van der Waals surface area (Å²) in [4.78, 5) is 5.24. The van der Waals surface area contributed by atoms with E-state index < -0.39 is 16.2 Å².